The summed E-state index contributed by atoms with van der Waals surface area (Å²) in [5.74, 6) is -0.514. The molecular formula is C22H30FN7O2. The molecule has 0 aliphatic rings. The molecular weight excluding hydrogens is 413 g/mol. The van der Waals surface area contributed by atoms with E-state index < -0.39 is 5.82 Å². The van der Waals surface area contributed by atoms with E-state index in [1.165, 1.54) is 10.8 Å². The molecule has 172 valence electrons. The van der Waals surface area contributed by atoms with Crippen molar-refractivity contribution in [1.82, 2.24) is 30.2 Å². The number of aromatic nitrogens is 4. The molecule has 0 unspecified atom stereocenters. The van der Waals surface area contributed by atoms with Crippen molar-refractivity contribution in [3.8, 4) is 0 Å². The van der Waals surface area contributed by atoms with Crippen LogP contribution in [0.1, 0.15) is 37.9 Å². The van der Waals surface area contributed by atoms with E-state index in [0.29, 0.717) is 41.4 Å². The Morgan fingerprint density at radius 3 is 2.75 bits per heavy atom. The van der Waals surface area contributed by atoms with Gasteiger partial charge in [-0.2, -0.15) is 0 Å². The molecule has 10 heteroatoms. The van der Waals surface area contributed by atoms with Crippen molar-refractivity contribution >= 4 is 22.8 Å². The van der Waals surface area contributed by atoms with Crippen molar-refractivity contribution in [2.45, 2.75) is 52.7 Å². The molecule has 1 amide bonds. The standard InChI is InChI=1S/C22H30FN7O2/c1-4-16(5-2)24-6-7-25-21-22(32)30(14(3)9-27-21)13-19(31)26-10-15-8-17-18(23)12-29-20(17)28-11-15/h8-9,11-12,16,24H,4-7,10,13H2,1-3H3,(H,25,27)(H,26,31)(H,28,29). The number of pyridine rings is 1. The minimum absolute atomic E-state index is 0.137. The highest BCUT2D eigenvalue weighted by atomic mass is 19.1. The molecule has 4 N–H and O–H groups in total. The Morgan fingerprint density at radius 2 is 2.00 bits per heavy atom. The molecule has 9 nitrogen and oxygen atoms in total. The number of amides is 1. The molecule has 3 rings (SSSR count). The first kappa shape index (κ1) is 23.4. The van der Waals surface area contributed by atoms with Crippen LogP contribution in [0.5, 0.6) is 0 Å². The smallest absolute Gasteiger partial charge is 0.293 e. The van der Waals surface area contributed by atoms with Gasteiger partial charge in [-0.1, -0.05) is 13.8 Å². The lowest BCUT2D eigenvalue weighted by atomic mass is 10.2. The number of nitrogens with one attached hydrogen (secondary N) is 4. The highest BCUT2D eigenvalue weighted by Crippen LogP contribution is 2.15. The number of halogens is 1. The van der Waals surface area contributed by atoms with Gasteiger partial charge in [-0.3, -0.25) is 14.2 Å². The van der Waals surface area contributed by atoms with E-state index in [1.54, 1.807) is 25.4 Å². The number of anilines is 1. The number of carbonyl (C=O) groups excluding carboxylic acids is 1. The van der Waals surface area contributed by atoms with E-state index in [-0.39, 0.29) is 30.4 Å². The molecule has 0 saturated carbocycles. The first-order valence-corrected chi connectivity index (χ1v) is 10.8. The number of hydrogen-bond acceptors (Lipinski definition) is 6. The number of fused-ring (bicyclic) bond motifs is 1. The fourth-order valence-electron chi connectivity index (χ4n) is 3.43. The molecule has 0 bridgehead atoms. The number of carbonyl (C=O) groups is 1. The summed E-state index contributed by atoms with van der Waals surface area (Å²) >= 11 is 0. The first-order valence-electron chi connectivity index (χ1n) is 10.8. The molecule has 3 aromatic heterocycles. The van der Waals surface area contributed by atoms with Gasteiger partial charge in [-0.15, -0.1) is 0 Å². The Morgan fingerprint density at radius 1 is 1.22 bits per heavy atom. The summed E-state index contributed by atoms with van der Waals surface area (Å²) in [5.41, 5.74) is 1.35. The Labute approximate surface area is 185 Å². The molecule has 0 atom stereocenters. The van der Waals surface area contributed by atoms with Crippen molar-refractivity contribution in [2.24, 2.45) is 0 Å². The molecule has 0 radical (unpaired) electrons. The van der Waals surface area contributed by atoms with Gasteiger partial charge in [0.2, 0.25) is 5.91 Å². The Hall–Kier alpha value is -3.27. The Bertz CT molecular complexity index is 1120. The van der Waals surface area contributed by atoms with Crippen LogP contribution < -0.4 is 21.5 Å². The highest BCUT2D eigenvalue weighted by molar-refractivity contribution is 5.78. The number of rotatable bonds is 11. The molecule has 0 aliphatic carbocycles. The van der Waals surface area contributed by atoms with Crippen LogP contribution in [-0.4, -0.2) is 44.6 Å². The van der Waals surface area contributed by atoms with Crippen molar-refractivity contribution in [2.75, 3.05) is 18.4 Å². The molecule has 0 saturated heterocycles. The summed E-state index contributed by atoms with van der Waals surface area (Å²) in [6, 6.07) is 2.09. The van der Waals surface area contributed by atoms with Crippen molar-refractivity contribution in [3.05, 3.63) is 52.1 Å². The second kappa shape index (κ2) is 10.9. The molecule has 0 aliphatic heterocycles. The summed E-state index contributed by atoms with van der Waals surface area (Å²) in [6.07, 6.45) is 6.47. The number of nitrogens with zero attached hydrogens (tertiary/aromatic N) is 3. The zero-order valence-electron chi connectivity index (χ0n) is 18.7. The van der Waals surface area contributed by atoms with Crippen LogP contribution in [0.15, 0.2) is 29.5 Å². The van der Waals surface area contributed by atoms with Crippen LogP contribution in [0, 0.1) is 12.7 Å². The average Bonchev–Trinajstić information content (AvgIpc) is 3.16. The van der Waals surface area contributed by atoms with Crippen LogP contribution in [0.2, 0.25) is 0 Å². The minimum Gasteiger partial charge on any atom is -0.364 e. The largest absolute Gasteiger partial charge is 0.364 e. The van der Waals surface area contributed by atoms with Crippen molar-refractivity contribution < 1.29 is 9.18 Å². The van der Waals surface area contributed by atoms with Gasteiger partial charge in [0.15, 0.2) is 5.82 Å². The second-order valence-corrected chi connectivity index (χ2v) is 7.69. The zero-order valence-corrected chi connectivity index (χ0v) is 18.7. The van der Waals surface area contributed by atoms with Crippen molar-refractivity contribution in [1.29, 1.82) is 0 Å². The number of aromatic amines is 1. The predicted molar refractivity (Wildman–Crippen MR) is 122 cm³/mol. The van der Waals surface area contributed by atoms with Crippen LogP contribution >= 0.6 is 0 Å². The third kappa shape index (κ3) is 5.70. The van der Waals surface area contributed by atoms with Gasteiger partial charge in [0, 0.05) is 50.0 Å². The molecule has 3 aromatic rings. The topological polar surface area (TPSA) is 117 Å². The summed E-state index contributed by atoms with van der Waals surface area (Å²) in [5, 5.41) is 9.59. The molecule has 0 aromatic carbocycles. The number of hydrogen-bond donors (Lipinski definition) is 4. The van der Waals surface area contributed by atoms with E-state index in [1.807, 2.05) is 0 Å². The fraction of sp³-hybridized carbons (Fsp3) is 0.455. The van der Waals surface area contributed by atoms with Crippen LogP contribution in [0.3, 0.4) is 0 Å². The third-order valence-electron chi connectivity index (χ3n) is 5.42. The normalized spacial score (nSPS) is 11.3. The van der Waals surface area contributed by atoms with E-state index >= 15 is 0 Å². The molecule has 0 spiro atoms. The van der Waals surface area contributed by atoms with Gasteiger partial charge in [-0.05, 0) is 31.4 Å². The zero-order chi connectivity index (χ0) is 23.1. The summed E-state index contributed by atoms with van der Waals surface area (Å²) < 4.78 is 15.1. The molecule has 3 heterocycles. The average molecular weight is 444 g/mol. The maximum atomic E-state index is 13.7. The lowest BCUT2D eigenvalue weighted by Crippen LogP contribution is -2.36. The van der Waals surface area contributed by atoms with Crippen molar-refractivity contribution in [3.63, 3.8) is 0 Å². The van der Waals surface area contributed by atoms with E-state index in [9.17, 15) is 14.0 Å². The number of H-pyrrole nitrogens is 1. The molecule has 0 fully saturated rings. The first-order chi connectivity index (χ1) is 15.4. The van der Waals surface area contributed by atoms with Gasteiger partial charge < -0.3 is 20.9 Å². The molecule has 32 heavy (non-hydrogen) atoms. The van der Waals surface area contributed by atoms with Gasteiger partial charge in [-0.25, -0.2) is 14.4 Å². The van der Waals surface area contributed by atoms with Gasteiger partial charge in [0.05, 0.1) is 5.39 Å². The highest BCUT2D eigenvalue weighted by Gasteiger charge is 2.12. The monoisotopic (exact) mass is 443 g/mol. The van der Waals surface area contributed by atoms with E-state index in [4.69, 9.17) is 0 Å². The fourth-order valence-corrected chi connectivity index (χ4v) is 3.43. The third-order valence-corrected chi connectivity index (χ3v) is 5.42. The van der Waals surface area contributed by atoms with Gasteiger partial charge in [0.1, 0.15) is 18.0 Å². The maximum Gasteiger partial charge on any atom is 0.293 e. The summed E-state index contributed by atoms with van der Waals surface area (Å²) in [4.78, 5) is 36.3. The van der Waals surface area contributed by atoms with Crippen LogP contribution in [-0.2, 0) is 17.9 Å². The quantitative estimate of drug-likeness (QED) is 0.337. The lowest BCUT2D eigenvalue weighted by Gasteiger charge is -2.15. The summed E-state index contributed by atoms with van der Waals surface area (Å²) in [6.45, 7) is 7.30. The van der Waals surface area contributed by atoms with E-state index in [0.717, 1.165) is 12.8 Å². The lowest BCUT2D eigenvalue weighted by molar-refractivity contribution is -0.121. The minimum atomic E-state index is -0.394. The number of aryl methyl sites for hydroxylation is 1. The van der Waals surface area contributed by atoms with Gasteiger partial charge in [0.25, 0.3) is 5.56 Å². The Balaban J connectivity index is 1.58. The SMILES string of the molecule is CCC(CC)NCCNc1ncc(C)n(CC(=O)NCc2cnc3[nH]cc(F)c3c2)c1=O. The van der Waals surface area contributed by atoms with Gasteiger partial charge >= 0.3 is 0 Å². The Kier molecular flexibility index (Phi) is 7.93. The second-order valence-electron chi connectivity index (χ2n) is 7.69. The summed E-state index contributed by atoms with van der Waals surface area (Å²) in [7, 11) is 0. The maximum absolute atomic E-state index is 13.7. The van der Waals surface area contributed by atoms with Crippen LogP contribution in [0.25, 0.3) is 11.0 Å². The van der Waals surface area contributed by atoms with Crippen LogP contribution in [0.4, 0.5) is 10.2 Å². The van der Waals surface area contributed by atoms with E-state index in [2.05, 4.69) is 44.7 Å². The predicted octanol–water partition coefficient (Wildman–Crippen LogP) is 2.07.